The molecular formula is C20H30O2. The van der Waals surface area contributed by atoms with Gasteiger partial charge in [-0.05, 0) is 85.5 Å². The van der Waals surface area contributed by atoms with Crippen LogP contribution in [0, 0.1) is 34.5 Å². The van der Waals surface area contributed by atoms with Gasteiger partial charge in [0.1, 0.15) is 6.10 Å². The van der Waals surface area contributed by atoms with E-state index in [-0.39, 0.29) is 11.2 Å². The van der Waals surface area contributed by atoms with Gasteiger partial charge in [0.15, 0.2) is 5.78 Å². The van der Waals surface area contributed by atoms with Crippen molar-refractivity contribution in [2.75, 3.05) is 0 Å². The van der Waals surface area contributed by atoms with Crippen molar-refractivity contribution >= 4 is 5.78 Å². The quantitative estimate of drug-likeness (QED) is 0.730. The van der Waals surface area contributed by atoms with Gasteiger partial charge in [-0.15, -0.1) is 0 Å². The number of rotatable bonds is 0. The van der Waals surface area contributed by atoms with Crippen LogP contribution < -0.4 is 0 Å². The number of aliphatic hydroxyl groups is 1. The van der Waals surface area contributed by atoms with Crippen LogP contribution in [0.25, 0.3) is 0 Å². The molecule has 0 bridgehead atoms. The maximum Gasteiger partial charge on any atom is 0.184 e. The van der Waals surface area contributed by atoms with Crippen LogP contribution in [0.5, 0.6) is 0 Å². The number of carbonyl (C=O) groups excluding carboxylic acids is 1. The fourth-order valence-corrected chi connectivity index (χ4v) is 6.88. The number of carbonyl (C=O) groups is 1. The Morgan fingerprint density at radius 2 is 1.91 bits per heavy atom. The first-order chi connectivity index (χ1) is 10.4. The predicted octanol–water partition coefficient (Wildman–Crippen LogP) is 4.13. The molecule has 4 aliphatic rings. The topological polar surface area (TPSA) is 37.3 Å². The van der Waals surface area contributed by atoms with Crippen LogP contribution in [0.1, 0.15) is 65.7 Å². The molecule has 0 saturated heterocycles. The molecule has 1 unspecified atom stereocenters. The number of hydrogen-bond acceptors (Lipinski definition) is 2. The Hall–Kier alpha value is -0.630. The normalized spacial score (nSPS) is 54.3. The SMILES string of the molecule is C[C@@H]1CC[C@H]2[C@@H]3CCC4=CC(=O)C(O)C[C@]4(C)[C@H]3CC[C@]12C. The molecule has 7 atom stereocenters. The largest absolute Gasteiger partial charge is 0.385 e. The fraction of sp³-hybridized carbons (Fsp3) is 0.850. The first-order valence-electron chi connectivity index (χ1n) is 9.29. The third kappa shape index (κ3) is 1.79. The van der Waals surface area contributed by atoms with Gasteiger partial charge in [-0.1, -0.05) is 26.3 Å². The first-order valence-corrected chi connectivity index (χ1v) is 9.29. The van der Waals surface area contributed by atoms with Crippen LogP contribution in [0.2, 0.25) is 0 Å². The van der Waals surface area contributed by atoms with Crippen LogP contribution in [-0.2, 0) is 4.79 Å². The van der Waals surface area contributed by atoms with Crippen molar-refractivity contribution in [2.24, 2.45) is 34.5 Å². The average Bonchev–Trinajstić information content (AvgIpc) is 2.77. The molecule has 0 aromatic carbocycles. The summed E-state index contributed by atoms with van der Waals surface area (Å²) in [5, 5.41) is 10.2. The second-order valence-electron chi connectivity index (χ2n) is 9.15. The Kier molecular flexibility index (Phi) is 3.18. The molecule has 122 valence electrons. The lowest BCUT2D eigenvalue weighted by molar-refractivity contribution is -0.128. The predicted molar refractivity (Wildman–Crippen MR) is 87.3 cm³/mol. The second-order valence-corrected chi connectivity index (χ2v) is 9.15. The summed E-state index contributed by atoms with van der Waals surface area (Å²) in [6, 6.07) is 0. The molecule has 4 rings (SSSR count). The Bertz CT molecular complexity index is 536. The van der Waals surface area contributed by atoms with Crippen molar-refractivity contribution in [1.82, 2.24) is 0 Å². The molecule has 0 amide bonds. The van der Waals surface area contributed by atoms with E-state index >= 15 is 0 Å². The van der Waals surface area contributed by atoms with E-state index in [9.17, 15) is 9.90 Å². The first kappa shape index (κ1) is 14.9. The zero-order valence-corrected chi connectivity index (χ0v) is 14.3. The third-order valence-electron chi connectivity index (χ3n) is 8.47. The molecule has 1 N–H and O–H groups in total. The summed E-state index contributed by atoms with van der Waals surface area (Å²) in [6.07, 6.45) is 9.47. The minimum atomic E-state index is -0.761. The van der Waals surface area contributed by atoms with Gasteiger partial charge in [-0.25, -0.2) is 0 Å². The highest BCUT2D eigenvalue weighted by molar-refractivity contribution is 5.95. The molecule has 0 aromatic rings. The van der Waals surface area contributed by atoms with Gasteiger partial charge in [0, 0.05) is 0 Å². The van der Waals surface area contributed by atoms with Crippen molar-refractivity contribution in [3.63, 3.8) is 0 Å². The standard InChI is InChI=1S/C20H30O2/c1-12-4-7-15-14-6-5-13-10-17(21)18(22)11-20(13,3)16(14)8-9-19(12,15)2/h10,12,14-16,18,22H,4-9,11H2,1-3H3/t12-,14+,15+,16+,18?,19-,20+/m1/s1. The van der Waals surface area contributed by atoms with E-state index in [4.69, 9.17) is 0 Å². The number of fused-ring (bicyclic) bond motifs is 5. The zero-order valence-electron chi connectivity index (χ0n) is 14.3. The molecule has 0 aliphatic heterocycles. The van der Waals surface area contributed by atoms with Gasteiger partial charge in [0.05, 0.1) is 0 Å². The van der Waals surface area contributed by atoms with Crippen LogP contribution in [0.3, 0.4) is 0 Å². The minimum absolute atomic E-state index is 0.0546. The van der Waals surface area contributed by atoms with Gasteiger partial charge in [0.25, 0.3) is 0 Å². The van der Waals surface area contributed by atoms with Crippen LogP contribution in [-0.4, -0.2) is 17.0 Å². The molecule has 3 saturated carbocycles. The number of hydrogen-bond donors (Lipinski definition) is 1. The molecule has 2 heteroatoms. The van der Waals surface area contributed by atoms with Crippen LogP contribution in [0.4, 0.5) is 0 Å². The van der Waals surface area contributed by atoms with E-state index in [1.54, 1.807) is 6.08 Å². The maximum atomic E-state index is 11.9. The average molecular weight is 302 g/mol. The van der Waals surface area contributed by atoms with Crippen LogP contribution in [0.15, 0.2) is 11.6 Å². The molecule has 3 fully saturated rings. The lowest BCUT2D eigenvalue weighted by Crippen LogP contribution is -2.52. The molecule has 0 radical (unpaired) electrons. The molecule has 0 heterocycles. The monoisotopic (exact) mass is 302 g/mol. The summed E-state index contributed by atoms with van der Waals surface area (Å²) in [4.78, 5) is 11.9. The Balaban J connectivity index is 1.70. The van der Waals surface area contributed by atoms with E-state index in [2.05, 4.69) is 20.8 Å². The Morgan fingerprint density at radius 1 is 1.14 bits per heavy atom. The molecule has 22 heavy (non-hydrogen) atoms. The fourth-order valence-electron chi connectivity index (χ4n) is 6.88. The van der Waals surface area contributed by atoms with Gasteiger partial charge < -0.3 is 5.11 Å². The van der Waals surface area contributed by atoms with Crippen molar-refractivity contribution < 1.29 is 9.90 Å². The summed E-state index contributed by atoms with van der Waals surface area (Å²) in [5.74, 6) is 3.17. The molecule has 0 spiro atoms. The van der Waals surface area contributed by atoms with E-state index in [1.165, 1.54) is 37.7 Å². The highest BCUT2D eigenvalue weighted by Gasteiger charge is 2.58. The van der Waals surface area contributed by atoms with Gasteiger partial charge in [-0.3, -0.25) is 4.79 Å². The van der Waals surface area contributed by atoms with Crippen molar-refractivity contribution in [1.29, 1.82) is 0 Å². The highest BCUT2D eigenvalue weighted by atomic mass is 16.3. The summed E-state index contributed by atoms with van der Waals surface area (Å²) < 4.78 is 0. The summed E-state index contributed by atoms with van der Waals surface area (Å²) in [6.45, 7) is 7.34. The van der Waals surface area contributed by atoms with Gasteiger partial charge in [0.2, 0.25) is 0 Å². The number of aliphatic hydroxyl groups excluding tert-OH is 1. The number of ketones is 1. The minimum Gasteiger partial charge on any atom is -0.385 e. The lowest BCUT2D eigenvalue weighted by Gasteiger charge is -2.58. The summed E-state index contributed by atoms with van der Waals surface area (Å²) in [7, 11) is 0. The molecule has 2 nitrogen and oxygen atoms in total. The van der Waals surface area contributed by atoms with Crippen molar-refractivity contribution in [3.8, 4) is 0 Å². The number of allylic oxidation sites excluding steroid dienone is 1. The van der Waals surface area contributed by atoms with Crippen molar-refractivity contribution in [2.45, 2.75) is 71.8 Å². The van der Waals surface area contributed by atoms with E-state index in [0.717, 1.165) is 24.2 Å². The maximum absolute atomic E-state index is 11.9. The lowest BCUT2D eigenvalue weighted by atomic mass is 9.47. The highest BCUT2D eigenvalue weighted by Crippen LogP contribution is 2.66. The van der Waals surface area contributed by atoms with Crippen molar-refractivity contribution in [3.05, 3.63) is 11.6 Å². The summed E-state index contributed by atoms with van der Waals surface area (Å²) >= 11 is 0. The zero-order chi connectivity index (χ0) is 15.7. The van der Waals surface area contributed by atoms with Gasteiger partial charge in [-0.2, -0.15) is 0 Å². The summed E-state index contributed by atoms with van der Waals surface area (Å²) in [5.41, 5.74) is 1.96. The second kappa shape index (κ2) is 4.69. The van der Waals surface area contributed by atoms with Crippen LogP contribution >= 0.6 is 0 Å². The Morgan fingerprint density at radius 3 is 2.68 bits per heavy atom. The molecule has 4 aliphatic carbocycles. The van der Waals surface area contributed by atoms with E-state index < -0.39 is 6.10 Å². The smallest absolute Gasteiger partial charge is 0.184 e. The molecular weight excluding hydrogens is 272 g/mol. The van der Waals surface area contributed by atoms with Gasteiger partial charge >= 0.3 is 0 Å². The van der Waals surface area contributed by atoms with E-state index in [0.29, 0.717) is 17.8 Å². The molecule has 0 aromatic heterocycles. The third-order valence-corrected chi connectivity index (χ3v) is 8.47. The van der Waals surface area contributed by atoms with E-state index in [1.807, 2.05) is 0 Å². The Labute approximate surface area is 134 Å².